The predicted octanol–water partition coefficient (Wildman–Crippen LogP) is 1.72. The quantitative estimate of drug-likeness (QED) is 0.883. The Labute approximate surface area is 108 Å². The molecule has 0 aliphatic carbocycles. The molecule has 1 amide bonds. The highest BCUT2D eigenvalue weighted by atomic mass is 35.5. The van der Waals surface area contributed by atoms with Gasteiger partial charge in [0.05, 0.1) is 16.9 Å². The van der Waals surface area contributed by atoms with Crippen LogP contribution in [-0.2, 0) is 11.3 Å². The van der Waals surface area contributed by atoms with Crippen molar-refractivity contribution in [2.75, 3.05) is 18.1 Å². The summed E-state index contributed by atoms with van der Waals surface area (Å²) in [7, 11) is 0. The SMILES string of the molecule is O=C(NCc1ccc(Cl)s1)C1CSCCN1. The Kier molecular flexibility index (Phi) is 4.52. The summed E-state index contributed by atoms with van der Waals surface area (Å²) < 4.78 is 0.760. The lowest BCUT2D eigenvalue weighted by atomic mass is 10.3. The highest BCUT2D eigenvalue weighted by Gasteiger charge is 2.20. The third-order valence-electron chi connectivity index (χ3n) is 2.30. The second-order valence-corrected chi connectivity index (χ2v) is 6.45. The van der Waals surface area contributed by atoms with E-state index in [1.165, 1.54) is 11.3 Å². The zero-order chi connectivity index (χ0) is 11.4. The summed E-state index contributed by atoms with van der Waals surface area (Å²) in [4.78, 5) is 12.8. The minimum atomic E-state index is -0.0471. The van der Waals surface area contributed by atoms with E-state index in [9.17, 15) is 4.79 Å². The van der Waals surface area contributed by atoms with Crippen molar-refractivity contribution in [2.24, 2.45) is 0 Å². The fourth-order valence-corrected chi connectivity index (χ4v) is 3.44. The zero-order valence-electron chi connectivity index (χ0n) is 8.66. The van der Waals surface area contributed by atoms with Crippen LogP contribution in [0.1, 0.15) is 4.88 Å². The average Bonchev–Trinajstić information content (AvgIpc) is 2.73. The van der Waals surface area contributed by atoms with Crippen LogP contribution in [0.25, 0.3) is 0 Å². The summed E-state index contributed by atoms with van der Waals surface area (Å²) in [5.41, 5.74) is 0. The Morgan fingerprint density at radius 1 is 1.62 bits per heavy atom. The van der Waals surface area contributed by atoms with Gasteiger partial charge in [0.15, 0.2) is 0 Å². The first-order chi connectivity index (χ1) is 7.75. The Bertz CT molecular complexity index is 363. The summed E-state index contributed by atoms with van der Waals surface area (Å²) in [5.74, 6) is 2.03. The Morgan fingerprint density at radius 3 is 3.12 bits per heavy atom. The van der Waals surface area contributed by atoms with E-state index in [4.69, 9.17) is 11.6 Å². The van der Waals surface area contributed by atoms with Crippen LogP contribution in [-0.4, -0.2) is 30.0 Å². The molecule has 16 heavy (non-hydrogen) atoms. The van der Waals surface area contributed by atoms with Crippen molar-refractivity contribution in [3.63, 3.8) is 0 Å². The van der Waals surface area contributed by atoms with Gasteiger partial charge in [0.1, 0.15) is 0 Å². The summed E-state index contributed by atoms with van der Waals surface area (Å²) >= 11 is 9.13. The molecule has 0 saturated carbocycles. The van der Waals surface area contributed by atoms with Gasteiger partial charge in [-0.25, -0.2) is 0 Å². The molecule has 1 aliphatic heterocycles. The summed E-state index contributed by atoms with van der Waals surface area (Å²) in [5, 5.41) is 6.12. The highest BCUT2D eigenvalue weighted by Crippen LogP contribution is 2.21. The number of carbonyl (C=O) groups is 1. The maximum absolute atomic E-state index is 11.8. The maximum atomic E-state index is 11.8. The van der Waals surface area contributed by atoms with Crippen molar-refractivity contribution in [1.82, 2.24) is 10.6 Å². The molecule has 1 atom stereocenters. The van der Waals surface area contributed by atoms with E-state index in [0.29, 0.717) is 6.54 Å². The van der Waals surface area contributed by atoms with Crippen LogP contribution in [0, 0.1) is 0 Å². The molecule has 2 N–H and O–H groups in total. The number of hydrogen-bond donors (Lipinski definition) is 2. The number of rotatable bonds is 3. The van der Waals surface area contributed by atoms with Crippen LogP contribution in [0.15, 0.2) is 12.1 Å². The zero-order valence-corrected chi connectivity index (χ0v) is 11.1. The highest BCUT2D eigenvalue weighted by molar-refractivity contribution is 7.99. The Hall–Kier alpha value is -0.230. The fourth-order valence-electron chi connectivity index (χ4n) is 1.48. The van der Waals surface area contributed by atoms with Crippen LogP contribution in [0.2, 0.25) is 4.34 Å². The van der Waals surface area contributed by atoms with Crippen LogP contribution < -0.4 is 10.6 Å². The number of thioether (sulfide) groups is 1. The normalized spacial score (nSPS) is 20.7. The summed E-state index contributed by atoms with van der Waals surface area (Å²) in [6.07, 6.45) is 0. The van der Waals surface area contributed by atoms with Gasteiger partial charge in [0, 0.05) is 22.9 Å². The molecule has 1 aliphatic rings. The number of halogens is 1. The van der Waals surface area contributed by atoms with Gasteiger partial charge in [0.25, 0.3) is 0 Å². The molecule has 1 saturated heterocycles. The van der Waals surface area contributed by atoms with Crippen LogP contribution in [0.5, 0.6) is 0 Å². The van der Waals surface area contributed by atoms with Gasteiger partial charge in [-0.2, -0.15) is 11.8 Å². The maximum Gasteiger partial charge on any atom is 0.238 e. The molecule has 2 rings (SSSR count). The number of thiophene rings is 1. The van der Waals surface area contributed by atoms with Gasteiger partial charge >= 0.3 is 0 Å². The smallest absolute Gasteiger partial charge is 0.238 e. The molecule has 0 radical (unpaired) electrons. The van der Waals surface area contributed by atoms with Crippen molar-refractivity contribution in [1.29, 1.82) is 0 Å². The lowest BCUT2D eigenvalue weighted by Gasteiger charge is -2.22. The largest absolute Gasteiger partial charge is 0.350 e. The Morgan fingerprint density at radius 2 is 2.50 bits per heavy atom. The average molecular weight is 277 g/mol. The molecule has 1 aromatic heterocycles. The minimum Gasteiger partial charge on any atom is -0.350 e. The molecule has 6 heteroatoms. The summed E-state index contributed by atoms with van der Waals surface area (Å²) in [6, 6.07) is 3.74. The van der Waals surface area contributed by atoms with Crippen LogP contribution in [0.3, 0.4) is 0 Å². The van der Waals surface area contributed by atoms with Crippen LogP contribution in [0.4, 0.5) is 0 Å². The molecule has 0 spiro atoms. The first-order valence-corrected chi connectivity index (χ1v) is 7.43. The molecule has 0 aromatic carbocycles. The lowest BCUT2D eigenvalue weighted by Crippen LogP contribution is -2.48. The molecule has 1 aromatic rings. The first kappa shape index (κ1) is 12.2. The number of carbonyl (C=O) groups excluding carboxylic acids is 1. The third kappa shape index (κ3) is 3.38. The van der Waals surface area contributed by atoms with E-state index in [1.807, 2.05) is 23.9 Å². The standard InChI is InChI=1S/C10H13ClN2OS2/c11-9-2-1-7(16-9)5-13-10(14)8-6-15-4-3-12-8/h1-2,8,12H,3-6H2,(H,13,14). The molecular formula is C10H13ClN2OS2. The van der Waals surface area contributed by atoms with Gasteiger partial charge in [-0.05, 0) is 12.1 Å². The van der Waals surface area contributed by atoms with Crippen molar-refractivity contribution >= 4 is 40.6 Å². The second kappa shape index (κ2) is 5.91. The molecule has 88 valence electrons. The van der Waals surface area contributed by atoms with Gasteiger partial charge < -0.3 is 10.6 Å². The second-order valence-electron chi connectivity index (χ2n) is 3.51. The van der Waals surface area contributed by atoms with E-state index in [0.717, 1.165) is 27.3 Å². The number of hydrogen-bond acceptors (Lipinski definition) is 4. The topological polar surface area (TPSA) is 41.1 Å². The number of nitrogens with one attached hydrogen (secondary N) is 2. The molecule has 0 bridgehead atoms. The van der Waals surface area contributed by atoms with Gasteiger partial charge in [-0.3, -0.25) is 4.79 Å². The van der Waals surface area contributed by atoms with Crippen molar-refractivity contribution in [3.05, 3.63) is 21.3 Å². The predicted molar refractivity (Wildman–Crippen MR) is 70.3 cm³/mol. The van der Waals surface area contributed by atoms with Crippen molar-refractivity contribution in [3.8, 4) is 0 Å². The third-order valence-corrected chi connectivity index (χ3v) is 4.60. The minimum absolute atomic E-state index is 0.0471. The number of amides is 1. The molecule has 3 nitrogen and oxygen atoms in total. The fraction of sp³-hybridized carbons (Fsp3) is 0.500. The monoisotopic (exact) mass is 276 g/mol. The molecule has 1 unspecified atom stereocenters. The van der Waals surface area contributed by atoms with E-state index in [1.54, 1.807) is 0 Å². The molecule has 1 fully saturated rings. The van der Waals surface area contributed by atoms with Crippen molar-refractivity contribution in [2.45, 2.75) is 12.6 Å². The first-order valence-electron chi connectivity index (χ1n) is 5.09. The van der Waals surface area contributed by atoms with E-state index in [2.05, 4.69) is 10.6 Å². The molecular weight excluding hydrogens is 264 g/mol. The van der Waals surface area contributed by atoms with Crippen molar-refractivity contribution < 1.29 is 4.79 Å². The van der Waals surface area contributed by atoms with Crippen LogP contribution >= 0.6 is 34.7 Å². The Balaban J connectivity index is 1.78. The van der Waals surface area contributed by atoms with Gasteiger partial charge in [0.2, 0.25) is 5.91 Å². The van der Waals surface area contributed by atoms with Gasteiger partial charge in [-0.1, -0.05) is 11.6 Å². The van der Waals surface area contributed by atoms with E-state index in [-0.39, 0.29) is 11.9 Å². The molecule has 2 heterocycles. The summed E-state index contributed by atoms with van der Waals surface area (Å²) in [6.45, 7) is 1.48. The lowest BCUT2D eigenvalue weighted by molar-refractivity contribution is -0.122. The van der Waals surface area contributed by atoms with E-state index < -0.39 is 0 Å². The van der Waals surface area contributed by atoms with E-state index >= 15 is 0 Å². The van der Waals surface area contributed by atoms with Gasteiger partial charge in [-0.15, -0.1) is 11.3 Å².